The molecule has 3 rings (SSSR count). The van der Waals surface area contributed by atoms with Crippen molar-refractivity contribution in [3.8, 4) is 11.5 Å². The van der Waals surface area contributed by atoms with Gasteiger partial charge in [0.15, 0.2) is 5.78 Å². The smallest absolute Gasteiger partial charge is 0.201 e. The second-order valence-electron chi connectivity index (χ2n) is 6.00. The van der Waals surface area contributed by atoms with E-state index in [1.165, 1.54) is 25.1 Å². The molecule has 24 heavy (non-hydrogen) atoms. The van der Waals surface area contributed by atoms with Gasteiger partial charge in [0.25, 0.3) is 0 Å². The number of phenolic OH excluding ortho intramolecular Hbond substituents is 2. The van der Waals surface area contributed by atoms with E-state index < -0.39 is 11.6 Å². The number of benzene rings is 2. The molecule has 1 aliphatic rings. The molecule has 0 aliphatic heterocycles. The average Bonchev–Trinajstić information content (AvgIpc) is 2.51. The maximum Gasteiger partial charge on any atom is 0.201 e. The van der Waals surface area contributed by atoms with Gasteiger partial charge in [-0.3, -0.25) is 9.59 Å². The van der Waals surface area contributed by atoms with E-state index >= 15 is 0 Å². The van der Waals surface area contributed by atoms with Gasteiger partial charge < -0.3 is 15.0 Å². The zero-order valence-corrected chi connectivity index (χ0v) is 13.3. The predicted molar refractivity (Wildman–Crippen MR) is 86.8 cm³/mol. The fraction of sp³-hybridized carbons (Fsp3) is 0.211. The van der Waals surface area contributed by atoms with Gasteiger partial charge in [-0.1, -0.05) is 12.1 Å². The summed E-state index contributed by atoms with van der Waals surface area (Å²) >= 11 is 0. The van der Waals surface area contributed by atoms with Crippen LogP contribution in [-0.2, 0) is 11.2 Å². The van der Waals surface area contributed by atoms with Crippen LogP contribution in [0.2, 0.25) is 0 Å². The quantitative estimate of drug-likeness (QED) is 0.773. The van der Waals surface area contributed by atoms with Crippen LogP contribution in [0.15, 0.2) is 24.3 Å². The SMILES string of the molecule is CC(=O)CCc1c(C)cc2c(c1O)C(=O)c1c(O)cccc1C2=O. The van der Waals surface area contributed by atoms with E-state index in [1.54, 1.807) is 13.0 Å². The molecule has 5 nitrogen and oxygen atoms in total. The van der Waals surface area contributed by atoms with Crippen molar-refractivity contribution in [3.63, 3.8) is 0 Å². The number of phenols is 2. The topological polar surface area (TPSA) is 91.7 Å². The first kappa shape index (κ1) is 15.9. The standard InChI is InChI=1S/C19H16O5/c1-9-8-13-16(18(23)11(9)7-6-10(2)20)19(24)15-12(17(13)22)4-3-5-14(15)21/h3-5,8,21,23H,6-7H2,1-2H3. The van der Waals surface area contributed by atoms with Gasteiger partial charge in [-0.05, 0) is 43.5 Å². The molecule has 0 unspecified atom stereocenters. The van der Waals surface area contributed by atoms with Crippen molar-refractivity contribution in [3.05, 3.63) is 57.6 Å². The fourth-order valence-electron chi connectivity index (χ4n) is 3.10. The van der Waals surface area contributed by atoms with Crippen molar-refractivity contribution in [1.82, 2.24) is 0 Å². The molecule has 0 aromatic heterocycles. The molecule has 0 atom stereocenters. The van der Waals surface area contributed by atoms with Crippen LogP contribution in [0, 0.1) is 6.92 Å². The highest BCUT2D eigenvalue weighted by Crippen LogP contribution is 2.39. The van der Waals surface area contributed by atoms with Crippen LogP contribution >= 0.6 is 0 Å². The molecule has 0 amide bonds. The van der Waals surface area contributed by atoms with Gasteiger partial charge in [-0.2, -0.15) is 0 Å². The molecule has 2 N–H and O–H groups in total. The lowest BCUT2D eigenvalue weighted by Crippen LogP contribution is -2.22. The van der Waals surface area contributed by atoms with Crippen LogP contribution in [0.5, 0.6) is 11.5 Å². The molecule has 122 valence electrons. The highest BCUT2D eigenvalue weighted by molar-refractivity contribution is 6.30. The largest absolute Gasteiger partial charge is 0.507 e. The van der Waals surface area contributed by atoms with Crippen LogP contribution in [0.4, 0.5) is 0 Å². The molecule has 0 radical (unpaired) electrons. The average molecular weight is 324 g/mol. The maximum atomic E-state index is 12.8. The fourth-order valence-corrected chi connectivity index (χ4v) is 3.10. The number of aromatic hydroxyl groups is 2. The number of aryl methyl sites for hydroxylation is 1. The summed E-state index contributed by atoms with van der Waals surface area (Å²) in [4.78, 5) is 36.6. The number of ketones is 3. The maximum absolute atomic E-state index is 12.8. The Morgan fingerprint density at radius 1 is 1.04 bits per heavy atom. The molecule has 0 heterocycles. The van der Waals surface area contributed by atoms with E-state index in [2.05, 4.69) is 0 Å². The van der Waals surface area contributed by atoms with Gasteiger partial charge in [0.2, 0.25) is 5.78 Å². The first-order chi connectivity index (χ1) is 11.3. The van der Waals surface area contributed by atoms with Crippen LogP contribution in [0.1, 0.15) is 56.3 Å². The number of hydrogen-bond donors (Lipinski definition) is 2. The highest BCUT2D eigenvalue weighted by atomic mass is 16.3. The lowest BCUT2D eigenvalue weighted by molar-refractivity contribution is -0.116. The molecule has 0 saturated carbocycles. The lowest BCUT2D eigenvalue weighted by atomic mass is 9.80. The number of Topliss-reactive ketones (excluding diaryl/α,β-unsaturated/α-hetero) is 1. The van der Waals surface area contributed by atoms with Crippen molar-refractivity contribution in [1.29, 1.82) is 0 Å². The minimum Gasteiger partial charge on any atom is -0.507 e. The van der Waals surface area contributed by atoms with Gasteiger partial charge >= 0.3 is 0 Å². The Morgan fingerprint density at radius 2 is 1.75 bits per heavy atom. The van der Waals surface area contributed by atoms with Crippen molar-refractivity contribution in [2.75, 3.05) is 0 Å². The van der Waals surface area contributed by atoms with Gasteiger partial charge in [0.05, 0.1) is 11.1 Å². The van der Waals surface area contributed by atoms with Gasteiger partial charge in [-0.25, -0.2) is 0 Å². The normalized spacial score (nSPS) is 12.8. The molecule has 1 aliphatic carbocycles. The van der Waals surface area contributed by atoms with Gasteiger partial charge in [0.1, 0.15) is 17.3 Å². The Kier molecular flexibility index (Phi) is 3.72. The summed E-state index contributed by atoms with van der Waals surface area (Å²) in [6.07, 6.45) is 0.520. The molecule has 0 bridgehead atoms. The van der Waals surface area contributed by atoms with Crippen molar-refractivity contribution in [2.24, 2.45) is 0 Å². The first-order valence-corrected chi connectivity index (χ1v) is 7.59. The number of fused-ring (bicyclic) bond motifs is 2. The molecule has 5 heteroatoms. The summed E-state index contributed by atoms with van der Waals surface area (Å²) in [5, 5.41) is 20.5. The van der Waals surface area contributed by atoms with Crippen LogP contribution in [0.25, 0.3) is 0 Å². The monoisotopic (exact) mass is 324 g/mol. The molecular weight excluding hydrogens is 308 g/mol. The van der Waals surface area contributed by atoms with Crippen molar-refractivity contribution < 1.29 is 24.6 Å². The van der Waals surface area contributed by atoms with E-state index in [-0.39, 0.29) is 52.4 Å². The summed E-state index contributed by atoms with van der Waals surface area (Å²) in [7, 11) is 0. The summed E-state index contributed by atoms with van der Waals surface area (Å²) in [6.45, 7) is 3.18. The highest BCUT2D eigenvalue weighted by Gasteiger charge is 2.35. The second kappa shape index (κ2) is 5.60. The van der Waals surface area contributed by atoms with Gasteiger partial charge in [0, 0.05) is 17.5 Å². The second-order valence-corrected chi connectivity index (χ2v) is 6.00. The molecule has 0 spiro atoms. The number of hydrogen-bond acceptors (Lipinski definition) is 5. The predicted octanol–water partition coefficient (Wildman–Crippen LogP) is 2.70. The number of rotatable bonds is 3. The Balaban J connectivity index is 2.23. The van der Waals surface area contributed by atoms with E-state index in [0.717, 1.165) is 0 Å². The third kappa shape index (κ3) is 2.29. The molecule has 2 aromatic rings. The Hall–Kier alpha value is -2.95. The van der Waals surface area contributed by atoms with E-state index in [9.17, 15) is 24.6 Å². The van der Waals surface area contributed by atoms with E-state index in [1.807, 2.05) is 0 Å². The van der Waals surface area contributed by atoms with Crippen molar-refractivity contribution in [2.45, 2.75) is 26.7 Å². The van der Waals surface area contributed by atoms with Gasteiger partial charge in [-0.15, -0.1) is 0 Å². The Morgan fingerprint density at radius 3 is 2.42 bits per heavy atom. The van der Waals surface area contributed by atoms with Crippen LogP contribution in [0.3, 0.4) is 0 Å². The molecule has 0 saturated heterocycles. The zero-order valence-electron chi connectivity index (χ0n) is 13.3. The van der Waals surface area contributed by atoms with E-state index in [0.29, 0.717) is 11.1 Å². The van der Waals surface area contributed by atoms with Crippen LogP contribution < -0.4 is 0 Å². The zero-order chi connectivity index (χ0) is 17.6. The number of carbonyl (C=O) groups is 3. The first-order valence-electron chi connectivity index (χ1n) is 7.59. The molecule has 0 fully saturated rings. The third-order valence-electron chi connectivity index (χ3n) is 4.34. The Bertz CT molecular complexity index is 908. The van der Waals surface area contributed by atoms with Crippen LogP contribution in [-0.4, -0.2) is 27.6 Å². The Labute approximate surface area is 138 Å². The minimum absolute atomic E-state index is 0.0306. The minimum atomic E-state index is -0.584. The van der Waals surface area contributed by atoms with E-state index in [4.69, 9.17) is 0 Å². The molecular formula is C19H16O5. The summed E-state index contributed by atoms with van der Waals surface area (Å²) in [6, 6.07) is 5.88. The van der Waals surface area contributed by atoms with Crippen molar-refractivity contribution >= 4 is 17.3 Å². The summed E-state index contributed by atoms with van der Waals surface area (Å²) in [5.74, 6) is -1.59. The number of carbonyl (C=O) groups excluding carboxylic acids is 3. The lowest BCUT2D eigenvalue weighted by Gasteiger charge is -2.22. The molecule has 2 aromatic carbocycles. The summed E-state index contributed by atoms with van der Waals surface area (Å²) in [5.41, 5.74) is 1.19. The summed E-state index contributed by atoms with van der Waals surface area (Å²) < 4.78 is 0. The third-order valence-corrected chi connectivity index (χ3v) is 4.34.